The van der Waals surface area contributed by atoms with Gasteiger partial charge in [0.1, 0.15) is 7.85 Å². The van der Waals surface area contributed by atoms with Gasteiger partial charge in [-0.3, -0.25) is 0 Å². The van der Waals surface area contributed by atoms with E-state index >= 15 is 0 Å². The Hall–Kier alpha value is -1.23. The van der Waals surface area contributed by atoms with E-state index in [1.54, 1.807) is 0 Å². The van der Waals surface area contributed by atoms with Crippen molar-refractivity contribution in [2.75, 3.05) is 0 Å². The smallest absolute Gasteiger partial charge is 0.113 e. The predicted octanol–water partition coefficient (Wildman–Crippen LogP) is 1.04. The average molecular weight is 153 g/mol. The van der Waals surface area contributed by atoms with Gasteiger partial charge in [-0.05, 0) is 18.4 Å². The second-order valence-corrected chi connectivity index (χ2v) is 3.32. The Bertz CT molecular complexity index is 330. The number of nitrogens with zero attached hydrogens (tertiary/aromatic N) is 1. The van der Waals surface area contributed by atoms with Crippen molar-refractivity contribution >= 4 is 13.3 Å². The molecule has 2 radical (unpaired) electrons. The zero-order valence-electron chi connectivity index (χ0n) is 6.75. The van der Waals surface area contributed by atoms with Gasteiger partial charge in [0, 0.05) is 0 Å². The highest BCUT2D eigenvalue weighted by molar-refractivity contribution is 6.32. The van der Waals surface area contributed by atoms with Gasteiger partial charge in [0.2, 0.25) is 0 Å². The summed E-state index contributed by atoms with van der Waals surface area (Å²) in [5, 5.41) is 8.90. The first-order chi connectivity index (χ1) is 5.77. The summed E-state index contributed by atoms with van der Waals surface area (Å²) in [4.78, 5) is 0. The van der Waals surface area contributed by atoms with Crippen LogP contribution in [-0.4, -0.2) is 7.85 Å². The van der Waals surface area contributed by atoms with Crippen molar-refractivity contribution in [2.45, 2.75) is 18.3 Å². The van der Waals surface area contributed by atoms with Gasteiger partial charge >= 0.3 is 0 Å². The summed E-state index contributed by atoms with van der Waals surface area (Å²) < 4.78 is 0. The van der Waals surface area contributed by atoms with Crippen molar-refractivity contribution in [1.29, 1.82) is 5.26 Å². The van der Waals surface area contributed by atoms with Crippen LogP contribution in [0.3, 0.4) is 0 Å². The fourth-order valence-electron chi connectivity index (χ4n) is 1.39. The van der Waals surface area contributed by atoms with Crippen molar-refractivity contribution in [1.82, 2.24) is 0 Å². The molecule has 0 aliphatic heterocycles. The molecule has 0 N–H and O–H groups in total. The van der Waals surface area contributed by atoms with Crippen molar-refractivity contribution in [3.63, 3.8) is 0 Å². The molecule has 0 aromatic heterocycles. The van der Waals surface area contributed by atoms with E-state index < -0.39 is 0 Å². The van der Waals surface area contributed by atoms with Gasteiger partial charge in [0.25, 0.3) is 0 Å². The topological polar surface area (TPSA) is 23.8 Å². The van der Waals surface area contributed by atoms with Crippen LogP contribution in [-0.2, 0) is 5.41 Å². The molecule has 1 nitrogen and oxygen atoms in total. The van der Waals surface area contributed by atoms with Gasteiger partial charge in [-0.2, -0.15) is 5.26 Å². The Balaban J connectivity index is 2.37. The molecular formula is C10H8BN. The van der Waals surface area contributed by atoms with E-state index in [1.807, 2.05) is 24.3 Å². The van der Waals surface area contributed by atoms with E-state index in [1.165, 1.54) is 0 Å². The molecule has 1 aliphatic carbocycles. The van der Waals surface area contributed by atoms with Gasteiger partial charge in [-0.1, -0.05) is 29.7 Å². The predicted molar refractivity (Wildman–Crippen MR) is 48.4 cm³/mol. The van der Waals surface area contributed by atoms with E-state index in [0.717, 1.165) is 23.9 Å². The zero-order valence-corrected chi connectivity index (χ0v) is 6.75. The van der Waals surface area contributed by atoms with E-state index in [2.05, 4.69) is 6.07 Å². The highest BCUT2D eigenvalue weighted by Crippen LogP contribution is 2.47. The maximum atomic E-state index is 8.90. The highest BCUT2D eigenvalue weighted by atomic mass is 14.5. The summed E-state index contributed by atoms with van der Waals surface area (Å²) in [6.07, 6.45) is 1.99. The standard InChI is InChI=1S/C10H8BN/c11-9-3-1-8(2-4-9)10(7-12)5-6-10/h1-4H,5-6H2. The molecule has 2 rings (SSSR count). The molecular weight excluding hydrogens is 145 g/mol. The lowest BCUT2D eigenvalue weighted by Crippen LogP contribution is -2.06. The van der Waals surface area contributed by atoms with Gasteiger partial charge in [-0.25, -0.2) is 0 Å². The Morgan fingerprint density at radius 2 is 1.83 bits per heavy atom. The fraction of sp³-hybridized carbons (Fsp3) is 0.300. The minimum atomic E-state index is -0.173. The molecule has 1 aromatic rings. The maximum absolute atomic E-state index is 8.90. The molecule has 1 saturated carbocycles. The van der Waals surface area contributed by atoms with Gasteiger partial charge in [0.05, 0.1) is 11.5 Å². The molecule has 0 spiro atoms. The molecule has 1 aromatic carbocycles. The largest absolute Gasteiger partial charge is 0.197 e. The monoisotopic (exact) mass is 153 g/mol. The number of hydrogen-bond acceptors (Lipinski definition) is 1. The normalized spacial score (nSPS) is 18.2. The number of benzene rings is 1. The van der Waals surface area contributed by atoms with Crippen LogP contribution in [0.25, 0.3) is 0 Å². The number of nitriles is 1. The lowest BCUT2D eigenvalue weighted by molar-refractivity contribution is 0.909. The third-order valence-electron chi connectivity index (χ3n) is 2.43. The average Bonchev–Trinajstić information content (AvgIpc) is 2.86. The fourth-order valence-corrected chi connectivity index (χ4v) is 1.39. The summed E-state index contributed by atoms with van der Waals surface area (Å²) in [5.74, 6) is 0. The lowest BCUT2D eigenvalue weighted by Gasteiger charge is -2.05. The summed E-state index contributed by atoms with van der Waals surface area (Å²) in [7, 11) is 5.55. The van der Waals surface area contributed by atoms with Crippen molar-refractivity contribution in [3.8, 4) is 6.07 Å². The molecule has 2 heteroatoms. The molecule has 12 heavy (non-hydrogen) atoms. The minimum Gasteiger partial charge on any atom is -0.197 e. The molecule has 0 heterocycles. The van der Waals surface area contributed by atoms with E-state index in [-0.39, 0.29) is 5.41 Å². The summed E-state index contributed by atoms with van der Waals surface area (Å²) in [5.41, 5.74) is 1.69. The molecule has 0 unspecified atom stereocenters. The summed E-state index contributed by atoms with van der Waals surface area (Å²) >= 11 is 0. The molecule has 1 fully saturated rings. The van der Waals surface area contributed by atoms with Crippen LogP contribution in [0.5, 0.6) is 0 Å². The van der Waals surface area contributed by atoms with Crippen molar-refractivity contribution < 1.29 is 0 Å². The Kier molecular flexibility index (Phi) is 1.47. The quantitative estimate of drug-likeness (QED) is 0.553. The van der Waals surface area contributed by atoms with Gasteiger partial charge in [0.15, 0.2) is 0 Å². The number of hydrogen-bond donors (Lipinski definition) is 0. The first kappa shape index (κ1) is 7.43. The van der Waals surface area contributed by atoms with E-state index in [4.69, 9.17) is 13.1 Å². The zero-order chi connectivity index (χ0) is 8.60. The van der Waals surface area contributed by atoms with Crippen LogP contribution < -0.4 is 5.46 Å². The lowest BCUT2D eigenvalue weighted by atomic mass is 9.91. The highest BCUT2D eigenvalue weighted by Gasteiger charge is 2.44. The third-order valence-corrected chi connectivity index (χ3v) is 2.43. The van der Waals surface area contributed by atoms with Crippen LogP contribution >= 0.6 is 0 Å². The molecule has 1 aliphatic rings. The van der Waals surface area contributed by atoms with Gasteiger partial charge in [-0.15, -0.1) is 0 Å². The van der Waals surface area contributed by atoms with Crippen molar-refractivity contribution in [3.05, 3.63) is 29.8 Å². The minimum absolute atomic E-state index is 0.173. The molecule has 0 saturated heterocycles. The van der Waals surface area contributed by atoms with E-state index in [0.29, 0.717) is 0 Å². The second kappa shape index (κ2) is 2.38. The third kappa shape index (κ3) is 1.02. The SMILES string of the molecule is [B]c1ccc(C2(C#N)CC2)cc1. The Labute approximate surface area is 73.4 Å². The van der Waals surface area contributed by atoms with E-state index in [9.17, 15) is 0 Å². The molecule has 0 amide bonds. The second-order valence-electron chi connectivity index (χ2n) is 3.32. The Morgan fingerprint density at radius 1 is 1.25 bits per heavy atom. The maximum Gasteiger partial charge on any atom is 0.113 e. The molecule has 0 bridgehead atoms. The van der Waals surface area contributed by atoms with Crippen LogP contribution in [0.15, 0.2) is 24.3 Å². The van der Waals surface area contributed by atoms with Crippen LogP contribution in [0.2, 0.25) is 0 Å². The number of rotatable bonds is 1. The van der Waals surface area contributed by atoms with Crippen LogP contribution in [0.4, 0.5) is 0 Å². The summed E-state index contributed by atoms with van der Waals surface area (Å²) in [6, 6.07) is 9.96. The molecule has 0 atom stereocenters. The first-order valence-electron chi connectivity index (χ1n) is 4.04. The summed E-state index contributed by atoms with van der Waals surface area (Å²) in [6.45, 7) is 0. The Morgan fingerprint density at radius 3 is 2.25 bits per heavy atom. The van der Waals surface area contributed by atoms with Crippen LogP contribution in [0, 0.1) is 11.3 Å². The molecule has 56 valence electrons. The van der Waals surface area contributed by atoms with Crippen molar-refractivity contribution in [2.24, 2.45) is 0 Å². The van der Waals surface area contributed by atoms with Gasteiger partial charge < -0.3 is 0 Å². The first-order valence-corrected chi connectivity index (χ1v) is 4.04. The van der Waals surface area contributed by atoms with Crippen LogP contribution in [0.1, 0.15) is 18.4 Å².